The first-order valence-electron chi connectivity index (χ1n) is 8.89. The van der Waals surface area contributed by atoms with Crippen LogP contribution in [0.2, 0.25) is 0 Å². The van der Waals surface area contributed by atoms with E-state index in [0.29, 0.717) is 17.2 Å². The summed E-state index contributed by atoms with van der Waals surface area (Å²) in [6.07, 6.45) is 2.71. The van der Waals surface area contributed by atoms with Crippen LogP contribution in [0.3, 0.4) is 0 Å². The highest BCUT2D eigenvalue weighted by Crippen LogP contribution is 2.41. The smallest absolute Gasteiger partial charge is 0.328 e. The van der Waals surface area contributed by atoms with Gasteiger partial charge in [-0.1, -0.05) is 12.6 Å². The number of nitrogens with zero attached hydrogens (tertiary/aromatic N) is 1. The Morgan fingerprint density at radius 3 is 2.21 bits per heavy atom. The molecule has 0 aliphatic carbocycles. The SMILES string of the molecule is C=C(c1cc(OC)c(OC)c(OC)c1)c1ccc2c(c1)cc(C=CC(=O)O)n2C. The highest BCUT2D eigenvalue weighted by atomic mass is 16.5. The summed E-state index contributed by atoms with van der Waals surface area (Å²) < 4.78 is 18.2. The number of carboxylic acid groups (broad SMARTS) is 1. The second kappa shape index (κ2) is 8.14. The van der Waals surface area contributed by atoms with Gasteiger partial charge >= 0.3 is 5.97 Å². The molecule has 6 nitrogen and oxygen atoms in total. The molecule has 150 valence electrons. The second-order valence-corrected chi connectivity index (χ2v) is 6.47. The number of hydrogen-bond donors (Lipinski definition) is 1. The quantitative estimate of drug-likeness (QED) is 0.604. The fourth-order valence-electron chi connectivity index (χ4n) is 3.30. The number of fused-ring (bicyclic) bond motifs is 1. The minimum Gasteiger partial charge on any atom is -0.493 e. The maximum Gasteiger partial charge on any atom is 0.328 e. The zero-order valence-electron chi connectivity index (χ0n) is 16.9. The molecule has 2 aromatic carbocycles. The number of aliphatic carboxylic acids is 1. The van der Waals surface area contributed by atoms with Gasteiger partial charge in [-0.3, -0.25) is 0 Å². The van der Waals surface area contributed by atoms with E-state index in [4.69, 9.17) is 19.3 Å². The van der Waals surface area contributed by atoms with E-state index in [9.17, 15) is 4.79 Å². The summed E-state index contributed by atoms with van der Waals surface area (Å²) in [6.45, 7) is 4.25. The van der Waals surface area contributed by atoms with Gasteiger partial charge in [0.25, 0.3) is 0 Å². The molecule has 3 rings (SSSR count). The van der Waals surface area contributed by atoms with Crippen LogP contribution in [-0.4, -0.2) is 37.0 Å². The highest BCUT2D eigenvalue weighted by Gasteiger charge is 2.16. The van der Waals surface area contributed by atoms with Crippen molar-refractivity contribution in [1.82, 2.24) is 4.57 Å². The lowest BCUT2D eigenvalue weighted by Crippen LogP contribution is -1.97. The minimum atomic E-state index is -0.980. The third kappa shape index (κ3) is 3.82. The lowest BCUT2D eigenvalue weighted by atomic mass is 9.97. The number of ether oxygens (including phenoxy) is 3. The number of carbonyl (C=O) groups is 1. The maximum absolute atomic E-state index is 10.8. The van der Waals surface area contributed by atoms with Crippen LogP contribution in [0.5, 0.6) is 17.2 Å². The van der Waals surface area contributed by atoms with Gasteiger partial charge in [-0.15, -0.1) is 0 Å². The van der Waals surface area contributed by atoms with E-state index in [0.717, 1.165) is 39.4 Å². The largest absolute Gasteiger partial charge is 0.493 e. The predicted octanol–water partition coefficient (Wildman–Crippen LogP) is 4.36. The molecule has 0 aliphatic rings. The Morgan fingerprint density at radius 1 is 1.00 bits per heavy atom. The zero-order chi connectivity index (χ0) is 21.1. The van der Waals surface area contributed by atoms with E-state index < -0.39 is 5.97 Å². The molecule has 29 heavy (non-hydrogen) atoms. The molecule has 0 aliphatic heterocycles. The summed E-state index contributed by atoms with van der Waals surface area (Å²) in [4.78, 5) is 10.8. The first-order valence-corrected chi connectivity index (χ1v) is 8.89. The van der Waals surface area contributed by atoms with Gasteiger partial charge in [0.15, 0.2) is 11.5 Å². The number of rotatable bonds is 7. The molecule has 1 aromatic heterocycles. The molecule has 1 heterocycles. The van der Waals surface area contributed by atoms with Gasteiger partial charge in [0, 0.05) is 29.7 Å². The van der Waals surface area contributed by atoms with Crippen molar-refractivity contribution >= 4 is 28.5 Å². The van der Waals surface area contributed by atoms with Gasteiger partial charge in [-0.2, -0.15) is 0 Å². The van der Waals surface area contributed by atoms with E-state index in [1.165, 1.54) is 0 Å². The third-order valence-corrected chi connectivity index (χ3v) is 4.84. The molecule has 0 bridgehead atoms. The minimum absolute atomic E-state index is 0.528. The van der Waals surface area contributed by atoms with Gasteiger partial charge in [0.2, 0.25) is 5.75 Å². The molecule has 0 atom stereocenters. The van der Waals surface area contributed by atoms with Crippen LogP contribution in [0.25, 0.3) is 22.6 Å². The zero-order valence-corrected chi connectivity index (χ0v) is 16.9. The first-order chi connectivity index (χ1) is 13.9. The van der Waals surface area contributed by atoms with E-state index in [1.807, 2.05) is 48.0 Å². The summed E-state index contributed by atoms with van der Waals surface area (Å²) in [5, 5.41) is 9.86. The van der Waals surface area contributed by atoms with Crippen LogP contribution >= 0.6 is 0 Å². The van der Waals surface area contributed by atoms with E-state index in [2.05, 4.69) is 6.58 Å². The van der Waals surface area contributed by atoms with E-state index in [-0.39, 0.29) is 0 Å². The van der Waals surface area contributed by atoms with Crippen LogP contribution in [0.1, 0.15) is 16.8 Å². The Balaban J connectivity index is 2.04. The molecule has 0 fully saturated rings. The summed E-state index contributed by atoms with van der Waals surface area (Å²) in [7, 11) is 6.62. The second-order valence-electron chi connectivity index (χ2n) is 6.47. The molecule has 0 spiro atoms. The van der Waals surface area contributed by atoms with Crippen molar-refractivity contribution in [3.05, 3.63) is 65.9 Å². The van der Waals surface area contributed by atoms with Crippen molar-refractivity contribution in [2.24, 2.45) is 7.05 Å². The highest BCUT2D eigenvalue weighted by molar-refractivity contribution is 5.91. The number of carboxylic acids is 1. The molecule has 0 amide bonds. The molecule has 0 saturated carbocycles. The van der Waals surface area contributed by atoms with Crippen molar-refractivity contribution < 1.29 is 24.1 Å². The van der Waals surface area contributed by atoms with Crippen LogP contribution in [-0.2, 0) is 11.8 Å². The summed E-state index contributed by atoms with van der Waals surface area (Å²) >= 11 is 0. The van der Waals surface area contributed by atoms with Crippen molar-refractivity contribution in [2.45, 2.75) is 0 Å². The van der Waals surface area contributed by atoms with E-state index >= 15 is 0 Å². The van der Waals surface area contributed by atoms with Crippen molar-refractivity contribution in [3.63, 3.8) is 0 Å². The monoisotopic (exact) mass is 393 g/mol. The number of hydrogen-bond acceptors (Lipinski definition) is 4. The van der Waals surface area contributed by atoms with Gasteiger partial charge in [-0.25, -0.2) is 4.79 Å². The number of benzene rings is 2. The average molecular weight is 393 g/mol. The van der Waals surface area contributed by atoms with Gasteiger partial charge in [0.1, 0.15) is 0 Å². The topological polar surface area (TPSA) is 69.9 Å². The fourth-order valence-corrected chi connectivity index (χ4v) is 3.30. The standard InChI is InChI=1S/C23H23NO5/c1-14(16-12-20(27-3)23(29-5)21(13-16)28-4)15-6-8-19-17(10-15)11-18(24(19)2)7-9-22(25)26/h6-13H,1H2,2-5H3,(H,25,26). The molecule has 3 aromatic rings. The molecule has 0 unspecified atom stereocenters. The normalized spacial score (nSPS) is 11.0. The first kappa shape index (κ1) is 20.1. The molecule has 6 heteroatoms. The van der Waals surface area contributed by atoms with Crippen molar-refractivity contribution in [1.29, 1.82) is 0 Å². The van der Waals surface area contributed by atoms with Crippen molar-refractivity contribution in [3.8, 4) is 17.2 Å². The Labute approximate surface area is 169 Å². The summed E-state index contributed by atoms with van der Waals surface area (Å²) in [6, 6.07) is 11.7. The maximum atomic E-state index is 10.8. The molecule has 0 radical (unpaired) electrons. The lowest BCUT2D eigenvalue weighted by molar-refractivity contribution is -0.131. The lowest BCUT2D eigenvalue weighted by Gasteiger charge is -2.15. The van der Waals surface area contributed by atoms with Crippen LogP contribution in [0.4, 0.5) is 0 Å². The average Bonchev–Trinajstić information content (AvgIpc) is 3.05. The predicted molar refractivity (Wildman–Crippen MR) is 114 cm³/mol. The number of methoxy groups -OCH3 is 3. The number of aromatic nitrogens is 1. The van der Waals surface area contributed by atoms with Gasteiger partial charge in [0.05, 0.1) is 21.3 Å². The summed E-state index contributed by atoms with van der Waals surface area (Å²) in [5.41, 5.74) is 4.39. The van der Waals surface area contributed by atoms with Gasteiger partial charge in [-0.05, 0) is 53.1 Å². The van der Waals surface area contributed by atoms with Gasteiger partial charge < -0.3 is 23.9 Å². The molecule has 1 N–H and O–H groups in total. The fraction of sp³-hybridized carbons (Fsp3) is 0.174. The van der Waals surface area contributed by atoms with E-state index in [1.54, 1.807) is 27.4 Å². The Kier molecular flexibility index (Phi) is 5.64. The van der Waals surface area contributed by atoms with Crippen LogP contribution in [0.15, 0.2) is 49.1 Å². The van der Waals surface area contributed by atoms with Crippen molar-refractivity contribution in [2.75, 3.05) is 21.3 Å². The van der Waals surface area contributed by atoms with Crippen LogP contribution < -0.4 is 14.2 Å². The Hall–Kier alpha value is -3.67. The third-order valence-electron chi connectivity index (χ3n) is 4.84. The Bertz CT molecular complexity index is 1100. The number of aryl methyl sites for hydroxylation is 1. The summed E-state index contributed by atoms with van der Waals surface area (Å²) in [5.74, 6) is 0.668. The molecular weight excluding hydrogens is 370 g/mol. The van der Waals surface area contributed by atoms with Crippen LogP contribution in [0, 0.1) is 0 Å². The Morgan fingerprint density at radius 2 is 1.66 bits per heavy atom. The molecule has 0 saturated heterocycles. The molecular formula is C23H23NO5.